The Kier molecular flexibility index (Phi) is 5.09. The van der Waals surface area contributed by atoms with Crippen molar-refractivity contribution < 1.29 is 9.72 Å². The number of carbonyl (C=O) groups excluding carboxylic acids is 1. The van der Waals surface area contributed by atoms with Gasteiger partial charge in [0.25, 0.3) is 5.69 Å². The number of nitrogens with one attached hydrogen (secondary N) is 1. The first-order valence-electron chi connectivity index (χ1n) is 8.38. The Morgan fingerprint density at radius 3 is 2.60 bits per heavy atom. The highest BCUT2D eigenvalue weighted by molar-refractivity contribution is 5.98. The zero-order valence-electron chi connectivity index (χ0n) is 14.1. The summed E-state index contributed by atoms with van der Waals surface area (Å²) >= 11 is 0. The van der Waals surface area contributed by atoms with Gasteiger partial charge in [-0.2, -0.15) is 0 Å². The second-order valence-corrected chi connectivity index (χ2v) is 6.42. The molecule has 0 aliphatic carbocycles. The third kappa shape index (κ3) is 4.03. The van der Waals surface area contributed by atoms with Gasteiger partial charge in [0.05, 0.1) is 4.92 Å². The minimum atomic E-state index is -0.421. The number of Topliss-reactive ketones (excluding diaryl/α,β-unsaturated/α-hetero) is 1. The van der Waals surface area contributed by atoms with Gasteiger partial charge in [-0.15, -0.1) is 0 Å². The summed E-state index contributed by atoms with van der Waals surface area (Å²) in [5.74, 6) is 0.205. The van der Waals surface area contributed by atoms with Gasteiger partial charge in [-0.05, 0) is 51.2 Å². The summed E-state index contributed by atoms with van der Waals surface area (Å²) in [6, 6.07) is 13.7. The van der Waals surface area contributed by atoms with Crippen LogP contribution >= 0.6 is 0 Å². The highest BCUT2D eigenvalue weighted by Crippen LogP contribution is 2.28. The Morgan fingerprint density at radius 2 is 1.88 bits per heavy atom. The first-order valence-corrected chi connectivity index (χ1v) is 8.38. The average Bonchev–Trinajstić information content (AvgIpc) is 2.62. The van der Waals surface area contributed by atoms with Crippen molar-refractivity contribution in [3.05, 3.63) is 64.2 Å². The largest absolute Gasteiger partial charge is 0.350 e. The van der Waals surface area contributed by atoms with E-state index in [0.29, 0.717) is 16.9 Å². The molecule has 1 fully saturated rings. The maximum Gasteiger partial charge on any atom is 0.292 e. The zero-order valence-corrected chi connectivity index (χ0v) is 14.1. The molecule has 0 bridgehead atoms. The van der Waals surface area contributed by atoms with E-state index in [4.69, 9.17) is 0 Å². The van der Waals surface area contributed by atoms with Crippen molar-refractivity contribution in [3.63, 3.8) is 0 Å². The lowest BCUT2D eigenvalue weighted by molar-refractivity contribution is -0.383. The monoisotopic (exact) mass is 339 g/mol. The van der Waals surface area contributed by atoms with Gasteiger partial charge in [-0.25, -0.2) is 0 Å². The van der Waals surface area contributed by atoms with Crippen LogP contribution in [0.25, 0.3) is 0 Å². The number of anilines is 2. The molecule has 0 atom stereocenters. The van der Waals surface area contributed by atoms with Crippen LogP contribution in [-0.4, -0.2) is 35.7 Å². The minimum absolute atomic E-state index is 0.00884. The molecule has 1 heterocycles. The molecule has 1 saturated heterocycles. The first kappa shape index (κ1) is 17.1. The van der Waals surface area contributed by atoms with E-state index in [9.17, 15) is 14.9 Å². The number of rotatable bonds is 5. The Morgan fingerprint density at radius 1 is 1.16 bits per heavy atom. The summed E-state index contributed by atoms with van der Waals surface area (Å²) in [7, 11) is 2.07. The van der Waals surface area contributed by atoms with E-state index < -0.39 is 4.92 Å². The summed E-state index contributed by atoms with van der Waals surface area (Å²) < 4.78 is 0. The van der Waals surface area contributed by atoms with Crippen molar-refractivity contribution in [2.75, 3.05) is 25.5 Å². The zero-order chi connectivity index (χ0) is 17.8. The van der Waals surface area contributed by atoms with Gasteiger partial charge in [0.15, 0.2) is 5.78 Å². The molecule has 1 aliphatic heterocycles. The molecule has 6 nitrogen and oxygen atoms in total. The van der Waals surface area contributed by atoms with Crippen molar-refractivity contribution in [3.8, 4) is 0 Å². The fourth-order valence-corrected chi connectivity index (χ4v) is 3.15. The number of hydrogen-bond acceptors (Lipinski definition) is 5. The number of likely N-dealkylation sites (tertiary alicyclic amines) is 1. The van der Waals surface area contributed by atoms with Crippen LogP contribution in [0.4, 0.5) is 17.1 Å². The van der Waals surface area contributed by atoms with Crippen LogP contribution in [0.5, 0.6) is 0 Å². The van der Waals surface area contributed by atoms with E-state index in [2.05, 4.69) is 17.3 Å². The van der Waals surface area contributed by atoms with Crippen LogP contribution in [-0.2, 0) is 0 Å². The second-order valence-electron chi connectivity index (χ2n) is 6.42. The topological polar surface area (TPSA) is 75.5 Å². The summed E-state index contributed by atoms with van der Waals surface area (Å²) in [5.41, 5.74) is 1.75. The van der Waals surface area contributed by atoms with E-state index in [0.717, 1.165) is 25.9 Å². The van der Waals surface area contributed by atoms with Crippen molar-refractivity contribution in [2.45, 2.75) is 12.8 Å². The lowest BCUT2D eigenvalue weighted by atomic mass is 9.89. The van der Waals surface area contributed by atoms with Crippen molar-refractivity contribution in [1.29, 1.82) is 0 Å². The molecule has 130 valence electrons. The smallest absolute Gasteiger partial charge is 0.292 e. The molecule has 0 saturated carbocycles. The predicted octanol–water partition coefficient (Wildman–Crippen LogP) is 3.86. The van der Waals surface area contributed by atoms with Gasteiger partial charge in [-0.1, -0.05) is 24.3 Å². The highest BCUT2D eigenvalue weighted by atomic mass is 16.6. The fourth-order valence-electron chi connectivity index (χ4n) is 3.15. The number of ketones is 1. The normalized spacial score (nSPS) is 15.7. The van der Waals surface area contributed by atoms with Gasteiger partial charge in [0, 0.05) is 23.2 Å². The molecule has 1 N–H and O–H groups in total. The second kappa shape index (κ2) is 7.44. The van der Waals surface area contributed by atoms with E-state index in [1.807, 2.05) is 12.1 Å². The van der Waals surface area contributed by atoms with Crippen LogP contribution in [0.1, 0.15) is 23.2 Å². The maximum atomic E-state index is 12.7. The molecule has 2 aromatic rings. The molecule has 25 heavy (non-hydrogen) atoms. The molecule has 3 rings (SSSR count). The number of nitro groups is 1. The van der Waals surface area contributed by atoms with Crippen molar-refractivity contribution in [2.24, 2.45) is 5.92 Å². The number of benzene rings is 2. The van der Waals surface area contributed by atoms with E-state index in [1.54, 1.807) is 30.3 Å². The number of para-hydroxylation sites is 2. The Labute approximate surface area is 146 Å². The Bertz CT molecular complexity index is 783. The van der Waals surface area contributed by atoms with Gasteiger partial charge < -0.3 is 10.2 Å². The Hall–Kier alpha value is -2.73. The molecule has 0 aromatic heterocycles. The van der Waals surface area contributed by atoms with Crippen LogP contribution in [0.2, 0.25) is 0 Å². The fraction of sp³-hybridized carbons (Fsp3) is 0.316. The summed E-state index contributed by atoms with van der Waals surface area (Å²) in [6.45, 7) is 1.87. The molecule has 0 radical (unpaired) electrons. The lowest BCUT2D eigenvalue weighted by Crippen LogP contribution is -2.33. The number of piperidine rings is 1. The van der Waals surface area contributed by atoms with Crippen LogP contribution in [0.3, 0.4) is 0 Å². The number of hydrogen-bond donors (Lipinski definition) is 1. The molecule has 6 heteroatoms. The van der Waals surface area contributed by atoms with Crippen LogP contribution in [0.15, 0.2) is 48.5 Å². The number of carbonyl (C=O) groups is 1. The van der Waals surface area contributed by atoms with Gasteiger partial charge in [0.2, 0.25) is 0 Å². The lowest BCUT2D eigenvalue weighted by Gasteiger charge is -2.28. The summed E-state index contributed by atoms with van der Waals surface area (Å²) in [4.78, 5) is 25.7. The molecule has 0 spiro atoms. The SMILES string of the molecule is CN1CCC(C(=O)c2cccc(Nc3ccccc3[N+](=O)[O-])c2)CC1. The van der Waals surface area contributed by atoms with Gasteiger partial charge in [-0.3, -0.25) is 14.9 Å². The third-order valence-corrected chi connectivity index (χ3v) is 4.62. The van der Waals surface area contributed by atoms with Crippen molar-refractivity contribution >= 4 is 22.8 Å². The van der Waals surface area contributed by atoms with Crippen LogP contribution in [0, 0.1) is 16.0 Å². The average molecular weight is 339 g/mol. The van der Waals surface area contributed by atoms with Crippen LogP contribution < -0.4 is 5.32 Å². The summed E-state index contributed by atoms with van der Waals surface area (Å²) in [6.07, 6.45) is 1.74. The highest BCUT2D eigenvalue weighted by Gasteiger charge is 2.24. The molecular weight excluding hydrogens is 318 g/mol. The molecule has 0 amide bonds. The number of nitro benzene ring substituents is 1. The quantitative estimate of drug-likeness (QED) is 0.508. The Balaban J connectivity index is 1.78. The van der Waals surface area contributed by atoms with E-state index in [1.165, 1.54) is 6.07 Å². The molecular formula is C19H21N3O3. The third-order valence-electron chi connectivity index (χ3n) is 4.62. The molecule has 1 aliphatic rings. The minimum Gasteiger partial charge on any atom is -0.350 e. The maximum absolute atomic E-state index is 12.7. The molecule has 0 unspecified atom stereocenters. The molecule has 2 aromatic carbocycles. The number of nitrogens with zero attached hydrogens (tertiary/aromatic N) is 2. The van der Waals surface area contributed by atoms with Gasteiger partial charge in [0.1, 0.15) is 5.69 Å². The van der Waals surface area contributed by atoms with Crippen molar-refractivity contribution in [1.82, 2.24) is 4.90 Å². The predicted molar refractivity (Wildman–Crippen MR) is 97.4 cm³/mol. The van der Waals surface area contributed by atoms with E-state index >= 15 is 0 Å². The van der Waals surface area contributed by atoms with E-state index in [-0.39, 0.29) is 17.4 Å². The standard InChI is InChI=1S/C19H21N3O3/c1-21-11-9-14(10-12-21)19(23)15-5-4-6-16(13-15)20-17-7-2-3-8-18(17)22(24)25/h2-8,13-14,20H,9-12H2,1H3. The summed E-state index contributed by atoms with van der Waals surface area (Å²) in [5, 5.41) is 14.2. The van der Waals surface area contributed by atoms with Gasteiger partial charge >= 0.3 is 0 Å². The first-order chi connectivity index (χ1) is 12.0.